The van der Waals surface area contributed by atoms with Crippen molar-refractivity contribution >= 4 is 41.2 Å². The number of nitrogens with zero attached hydrogens (tertiary/aromatic N) is 4. The summed E-state index contributed by atoms with van der Waals surface area (Å²) in [6, 6.07) is 20.4. The second kappa shape index (κ2) is 14.0. The topological polar surface area (TPSA) is 61.4 Å². The third kappa shape index (κ3) is 8.31. The summed E-state index contributed by atoms with van der Waals surface area (Å²) < 4.78 is 0. The van der Waals surface area contributed by atoms with Crippen LogP contribution in [0.25, 0.3) is 6.08 Å². The Morgan fingerprint density at radius 3 is 2.46 bits per heavy atom. The van der Waals surface area contributed by atoms with Gasteiger partial charge >= 0.3 is 0 Å². The highest BCUT2D eigenvalue weighted by Gasteiger charge is 2.19. The largest absolute Gasteiger partial charge is 0.354 e. The maximum absolute atomic E-state index is 12.6. The Hall–Kier alpha value is -2.87. The number of anilines is 1. The van der Waals surface area contributed by atoms with E-state index >= 15 is 0 Å². The lowest BCUT2D eigenvalue weighted by Gasteiger charge is -2.35. The number of piperazine rings is 1. The Balaban J connectivity index is 1.10. The first-order chi connectivity index (χ1) is 19.1. The zero-order chi connectivity index (χ0) is 26.9. The molecule has 2 heterocycles. The van der Waals surface area contributed by atoms with E-state index in [1.54, 1.807) is 11.8 Å². The molecule has 2 aromatic carbocycles. The molecule has 204 valence electrons. The van der Waals surface area contributed by atoms with Gasteiger partial charge in [-0.2, -0.15) is 0 Å². The van der Waals surface area contributed by atoms with Gasteiger partial charge in [0.25, 0.3) is 5.91 Å². The van der Waals surface area contributed by atoms with Gasteiger partial charge in [0.1, 0.15) is 11.0 Å². The molecule has 0 bridgehead atoms. The van der Waals surface area contributed by atoms with Crippen molar-refractivity contribution in [3.05, 3.63) is 88.6 Å². The number of nitrogens with one attached hydrogen (secondary N) is 1. The fourth-order valence-corrected chi connectivity index (χ4v) is 6.13. The molecule has 2 fully saturated rings. The van der Waals surface area contributed by atoms with Gasteiger partial charge in [0.15, 0.2) is 5.16 Å². The molecule has 3 aromatic rings. The third-order valence-corrected chi connectivity index (χ3v) is 8.47. The average Bonchev–Trinajstić information content (AvgIpc) is 2.97. The minimum absolute atomic E-state index is 0.0243. The first-order valence-electron chi connectivity index (χ1n) is 13.9. The van der Waals surface area contributed by atoms with E-state index in [1.807, 2.05) is 36.4 Å². The SMILES string of the molecule is O=C(NC1CCCCC1)c1ccc(CSc2nc(Cl)cc(N3CCN(CC=Cc4ccccc4)CC3)n2)cc1. The van der Waals surface area contributed by atoms with Crippen molar-refractivity contribution in [2.75, 3.05) is 37.6 Å². The smallest absolute Gasteiger partial charge is 0.251 e. The lowest BCUT2D eigenvalue weighted by Crippen LogP contribution is -2.46. The Kier molecular flexibility index (Phi) is 9.92. The molecule has 6 nitrogen and oxygen atoms in total. The minimum atomic E-state index is 0.0243. The maximum Gasteiger partial charge on any atom is 0.251 e. The van der Waals surface area contributed by atoms with Crippen LogP contribution in [0, 0.1) is 0 Å². The average molecular weight is 562 g/mol. The van der Waals surface area contributed by atoms with E-state index in [-0.39, 0.29) is 5.91 Å². The van der Waals surface area contributed by atoms with Crippen LogP contribution >= 0.6 is 23.4 Å². The first kappa shape index (κ1) is 27.7. The van der Waals surface area contributed by atoms with E-state index in [0.29, 0.717) is 27.7 Å². The highest BCUT2D eigenvalue weighted by molar-refractivity contribution is 7.98. The van der Waals surface area contributed by atoms with Crippen LogP contribution in [0.15, 0.2) is 71.9 Å². The maximum atomic E-state index is 12.6. The fraction of sp³-hybridized carbons (Fsp3) is 0.387. The Morgan fingerprint density at radius 1 is 0.974 bits per heavy atom. The summed E-state index contributed by atoms with van der Waals surface area (Å²) in [6.45, 7) is 4.70. The number of halogens is 1. The zero-order valence-corrected chi connectivity index (χ0v) is 23.8. The van der Waals surface area contributed by atoms with Crippen LogP contribution in [0.1, 0.15) is 53.6 Å². The number of carbonyl (C=O) groups excluding carboxylic acids is 1. The number of thioether (sulfide) groups is 1. The Labute approximate surface area is 240 Å². The van der Waals surface area contributed by atoms with Crippen LogP contribution in [0.5, 0.6) is 0 Å². The summed E-state index contributed by atoms with van der Waals surface area (Å²) in [5.41, 5.74) is 3.06. The van der Waals surface area contributed by atoms with Crippen molar-refractivity contribution in [1.29, 1.82) is 0 Å². The summed E-state index contributed by atoms with van der Waals surface area (Å²) >= 11 is 7.95. The molecule has 1 saturated heterocycles. The highest BCUT2D eigenvalue weighted by atomic mass is 35.5. The van der Waals surface area contributed by atoms with Gasteiger partial charge < -0.3 is 10.2 Å². The van der Waals surface area contributed by atoms with Gasteiger partial charge in [-0.15, -0.1) is 0 Å². The van der Waals surface area contributed by atoms with Crippen LogP contribution in [0.2, 0.25) is 5.15 Å². The number of hydrogen-bond acceptors (Lipinski definition) is 6. The number of benzene rings is 2. The number of rotatable bonds is 9. The van der Waals surface area contributed by atoms with Crippen LogP contribution in [-0.2, 0) is 5.75 Å². The second-order valence-electron chi connectivity index (χ2n) is 10.2. The molecule has 0 atom stereocenters. The van der Waals surface area contributed by atoms with Crippen molar-refractivity contribution in [3.8, 4) is 0 Å². The second-order valence-corrected chi connectivity index (χ2v) is 11.6. The van der Waals surface area contributed by atoms with Gasteiger partial charge in [0, 0.05) is 56.1 Å². The molecule has 0 unspecified atom stereocenters. The number of hydrogen-bond donors (Lipinski definition) is 1. The van der Waals surface area contributed by atoms with Crippen molar-refractivity contribution in [2.24, 2.45) is 0 Å². The van der Waals surface area contributed by atoms with Crippen LogP contribution < -0.4 is 10.2 Å². The number of aromatic nitrogens is 2. The quantitative estimate of drug-likeness (QED) is 0.187. The summed E-state index contributed by atoms with van der Waals surface area (Å²) in [5, 5.41) is 4.32. The van der Waals surface area contributed by atoms with Crippen LogP contribution in [0.4, 0.5) is 5.82 Å². The first-order valence-corrected chi connectivity index (χ1v) is 15.2. The molecule has 1 N–H and O–H groups in total. The molecule has 5 rings (SSSR count). The van der Waals surface area contributed by atoms with Gasteiger partial charge in [-0.25, -0.2) is 9.97 Å². The van der Waals surface area contributed by atoms with Gasteiger partial charge in [-0.05, 0) is 36.1 Å². The monoisotopic (exact) mass is 561 g/mol. The zero-order valence-electron chi connectivity index (χ0n) is 22.3. The van der Waals surface area contributed by atoms with E-state index in [4.69, 9.17) is 16.6 Å². The molecular weight excluding hydrogens is 526 g/mol. The molecule has 2 aliphatic rings. The number of carbonyl (C=O) groups is 1. The molecule has 1 aliphatic heterocycles. The van der Waals surface area contributed by atoms with Crippen LogP contribution in [0.3, 0.4) is 0 Å². The molecule has 0 spiro atoms. The Morgan fingerprint density at radius 2 is 1.72 bits per heavy atom. The highest BCUT2D eigenvalue weighted by Crippen LogP contribution is 2.26. The van der Waals surface area contributed by atoms with E-state index in [1.165, 1.54) is 24.8 Å². The fourth-order valence-electron chi connectivity index (χ4n) is 5.09. The molecule has 1 aromatic heterocycles. The summed E-state index contributed by atoms with van der Waals surface area (Å²) in [5.74, 6) is 1.62. The molecule has 0 radical (unpaired) electrons. The lowest BCUT2D eigenvalue weighted by molar-refractivity contribution is 0.0927. The van der Waals surface area contributed by atoms with Gasteiger partial charge in [0.2, 0.25) is 0 Å². The normalized spacial score (nSPS) is 17.0. The Bertz CT molecular complexity index is 1240. The van der Waals surface area contributed by atoms with Gasteiger partial charge in [-0.3, -0.25) is 9.69 Å². The van der Waals surface area contributed by atoms with Gasteiger partial charge in [-0.1, -0.05) is 97.2 Å². The molecular formula is C31H36ClN5OS. The van der Waals surface area contributed by atoms with Crippen LogP contribution in [-0.4, -0.2) is 59.5 Å². The molecule has 1 saturated carbocycles. The minimum Gasteiger partial charge on any atom is -0.354 e. The van der Waals surface area contributed by atoms with E-state index in [9.17, 15) is 4.79 Å². The molecule has 8 heteroatoms. The standard InChI is InChI=1S/C31H36ClN5OS/c32-28-22-29(37-20-18-36(19-21-37)17-7-10-24-8-3-1-4-9-24)35-31(34-28)39-23-25-13-15-26(16-14-25)30(38)33-27-11-5-2-6-12-27/h1,3-4,7-10,13-16,22,27H,2,5-6,11-12,17-21,23H2,(H,33,38). The summed E-state index contributed by atoms with van der Waals surface area (Å²) in [6.07, 6.45) is 10.3. The van der Waals surface area contributed by atoms with Crippen molar-refractivity contribution in [1.82, 2.24) is 20.2 Å². The summed E-state index contributed by atoms with van der Waals surface area (Å²) in [4.78, 5) is 26.6. The predicted molar refractivity (Wildman–Crippen MR) is 162 cm³/mol. The van der Waals surface area contributed by atoms with E-state index in [0.717, 1.165) is 56.9 Å². The molecule has 1 amide bonds. The third-order valence-electron chi connectivity index (χ3n) is 7.36. The lowest BCUT2D eigenvalue weighted by atomic mass is 9.95. The van der Waals surface area contributed by atoms with Crippen molar-refractivity contribution in [2.45, 2.75) is 49.1 Å². The van der Waals surface area contributed by atoms with E-state index in [2.05, 4.69) is 56.5 Å². The molecule has 39 heavy (non-hydrogen) atoms. The summed E-state index contributed by atoms with van der Waals surface area (Å²) in [7, 11) is 0. The molecule has 1 aliphatic carbocycles. The van der Waals surface area contributed by atoms with E-state index < -0.39 is 0 Å². The van der Waals surface area contributed by atoms with Crippen molar-refractivity contribution in [3.63, 3.8) is 0 Å². The number of amides is 1. The van der Waals surface area contributed by atoms with Crippen molar-refractivity contribution < 1.29 is 4.79 Å². The predicted octanol–water partition coefficient (Wildman–Crippen LogP) is 6.32. The van der Waals surface area contributed by atoms with Gasteiger partial charge in [0.05, 0.1) is 0 Å².